The van der Waals surface area contributed by atoms with Gasteiger partial charge >= 0.3 is 0 Å². The van der Waals surface area contributed by atoms with Crippen molar-refractivity contribution in [3.63, 3.8) is 0 Å². The van der Waals surface area contributed by atoms with E-state index in [1.54, 1.807) is 18.2 Å². The van der Waals surface area contributed by atoms with E-state index in [4.69, 9.17) is 4.74 Å². The summed E-state index contributed by atoms with van der Waals surface area (Å²) in [4.78, 5) is 25.4. The average molecular weight is 346 g/mol. The Balaban J connectivity index is 1.77. The zero-order valence-corrected chi connectivity index (χ0v) is 14.4. The van der Waals surface area contributed by atoms with Gasteiger partial charge in [0.25, 0.3) is 11.8 Å². The first-order valence-corrected chi connectivity index (χ1v) is 8.55. The summed E-state index contributed by atoms with van der Waals surface area (Å²) in [6.07, 6.45) is 0. The van der Waals surface area contributed by atoms with Gasteiger partial charge in [-0.1, -0.05) is 49.4 Å². The molecule has 0 fully saturated rings. The molecule has 26 heavy (non-hydrogen) atoms. The predicted molar refractivity (Wildman–Crippen MR) is 98.9 cm³/mol. The molecule has 0 saturated carbocycles. The van der Waals surface area contributed by atoms with Crippen LogP contribution >= 0.6 is 0 Å². The average Bonchev–Trinajstić information content (AvgIpc) is 2.68. The summed E-state index contributed by atoms with van der Waals surface area (Å²) in [5.41, 5.74) is 4.89. The second kappa shape index (κ2) is 6.61. The SMILES string of the molecule is CCNN1C(=O)c2cccc3c(OCc4ccccc4)ccc(c23)C1=O. The maximum absolute atomic E-state index is 12.7. The highest BCUT2D eigenvalue weighted by atomic mass is 16.5. The van der Waals surface area contributed by atoms with Crippen LogP contribution in [-0.2, 0) is 6.61 Å². The highest BCUT2D eigenvalue weighted by Crippen LogP contribution is 2.35. The zero-order valence-electron chi connectivity index (χ0n) is 14.4. The Labute approximate surface area is 151 Å². The van der Waals surface area contributed by atoms with Crippen LogP contribution < -0.4 is 10.2 Å². The molecule has 5 heteroatoms. The third-order valence-electron chi connectivity index (χ3n) is 4.42. The second-order valence-corrected chi connectivity index (χ2v) is 6.07. The number of benzene rings is 3. The Hall–Kier alpha value is -3.18. The van der Waals surface area contributed by atoms with Gasteiger partial charge in [-0.2, -0.15) is 0 Å². The Morgan fingerprint density at radius 1 is 0.885 bits per heavy atom. The van der Waals surface area contributed by atoms with Gasteiger partial charge in [-0.05, 0) is 23.8 Å². The number of imide groups is 1. The summed E-state index contributed by atoms with van der Waals surface area (Å²) in [6, 6.07) is 18.8. The fraction of sp³-hybridized carbons (Fsp3) is 0.143. The minimum absolute atomic E-state index is 0.338. The molecular formula is C21H18N2O3. The molecule has 0 saturated heterocycles. The van der Waals surface area contributed by atoms with E-state index in [0.29, 0.717) is 35.4 Å². The van der Waals surface area contributed by atoms with Crippen molar-refractivity contribution in [3.8, 4) is 5.75 Å². The van der Waals surface area contributed by atoms with Gasteiger partial charge in [0, 0.05) is 17.3 Å². The molecule has 0 bridgehead atoms. The van der Waals surface area contributed by atoms with E-state index >= 15 is 0 Å². The lowest BCUT2D eigenvalue weighted by Crippen LogP contribution is -2.49. The summed E-state index contributed by atoms with van der Waals surface area (Å²) < 4.78 is 5.98. The number of carbonyl (C=O) groups is 2. The van der Waals surface area contributed by atoms with Gasteiger partial charge in [-0.15, -0.1) is 0 Å². The number of hydrazine groups is 1. The number of carbonyl (C=O) groups excluding carboxylic acids is 2. The third kappa shape index (κ3) is 2.62. The monoisotopic (exact) mass is 346 g/mol. The maximum atomic E-state index is 12.7. The molecule has 0 spiro atoms. The molecule has 0 radical (unpaired) electrons. The molecule has 1 heterocycles. The molecule has 0 aliphatic carbocycles. The van der Waals surface area contributed by atoms with Crippen LogP contribution in [0.1, 0.15) is 33.2 Å². The molecule has 5 nitrogen and oxygen atoms in total. The Morgan fingerprint density at radius 3 is 2.35 bits per heavy atom. The predicted octanol–water partition coefficient (Wildman–Crippen LogP) is 3.54. The summed E-state index contributed by atoms with van der Waals surface area (Å²) in [5, 5.41) is 2.51. The molecule has 0 aromatic heterocycles. The van der Waals surface area contributed by atoms with E-state index in [-0.39, 0.29) is 11.8 Å². The largest absolute Gasteiger partial charge is 0.488 e. The van der Waals surface area contributed by atoms with Gasteiger partial charge in [0.15, 0.2) is 0 Å². The smallest absolute Gasteiger partial charge is 0.275 e. The molecule has 130 valence electrons. The first kappa shape index (κ1) is 16.3. The lowest BCUT2D eigenvalue weighted by molar-refractivity contribution is 0.0525. The van der Waals surface area contributed by atoms with Gasteiger partial charge in [0.05, 0.1) is 11.1 Å². The second-order valence-electron chi connectivity index (χ2n) is 6.07. The molecule has 1 aliphatic rings. The molecule has 0 unspecified atom stereocenters. The highest BCUT2D eigenvalue weighted by Gasteiger charge is 2.33. The van der Waals surface area contributed by atoms with Crippen molar-refractivity contribution in [2.75, 3.05) is 6.54 Å². The van der Waals surface area contributed by atoms with Crippen molar-refractivity contribution in [2.45, 2.75) is 13.5 Å². The Bertz CT molecular complexity index is 977. The van der Waals surface area contributed by atoms with E-state index in [1.807, 2.05) is 49.4 Å². The lowest BCUT2D eigenvalue weighted by Gasteiger charge is -2.27. The van der Waals surface area contributed by atoms with Crippen molar-refractivity contribution in [1.29, 1.82) is 0 Å². The van der Waals surface area contributed by atoms with Crippen molar-refractivity contribution in [2.24, 2.45) is 0 Å². The van der Waals surface area contributed by atoms with Gasteiger partial charge in [0.1, 0.15) is 12.4 Å². The van der Waals surface area contributed by atoms with Crippen LogP contribution in [0, 0.1) is 0 Å². The van der Waals surface area contributed by atoms with Gasteiger partial charge in [-0.25, -0.2) is 10.4 Å². The highest BCUT2D eigenvalue weighted by molar-refractivity contribution is 6.25. The molecule has 2 amide bonds. The first-order chi connectivity index (χ1) is 12.7. The lowest BCUT2D eigenvalue weighted by atomic mass is 9.94. The quantitative estimate of drug-likeness (QED) is 0.718. The van der Waals surface area contributed by atoms with Crippen molar-refractivity contribution < 1.29 is 14.3 Å². The van der Waals surface area contributed by atoms with Crippen LogP contribution in [0.5, 0.6) is 5.75 Å². The minimum atomic E-state index is -0.338. The van der Waals surface area contributed by atoms with Crippen molar-refractivity contribution in [1.82, 2.24) is 10.4 Å². The molecule has 1 N–H and O–H groups in total. The summed E-state index contributed by atoms with van der Waals surface area (Å²) in [6.45, 7) is 2.75. The standard InChI is InChI=1S/C21H18N2O3/c1-2-22-23-20(24)16-10-6-9-15-18(12-11-17(19(15)16)21(23)25)26-13-14-7-4-3-5-8-14/h3-12,22H,2,13H2,1H3. The number of ether oxygens (including phenoxy) is 1. The summed E-state index contributed by atoms with van der Waals surface area (Å²) in [5.74, 6) is -0.0164. The van der Waals surface area contributed by atoms with Gasteiger partial charge < -0.3 is 4.74 Å². The van der Waals surface area contributed by atoms with Crippen LogP contribution in [0.25, 0.3) is 10.8 Å². The van der Waals surface area contributed by atoms with Crippen LogP contribution in [-0.4, -0.2) is 23.4 Å². The molecular weight excluding hydrogens is 328 g/mol. The first-order valence-electron chi connectivity index (χ1n) is 8.55. The van der Waals surface area contributed by atoms with E-state index < -0.39 is 0 Å². The van der Waals surface area contributed by atoms with Crippen molar-refractivity contribution >= 4 is 22.6 Å². The third-order valence-corrected chi connectivity index (χ3v) is 4.42. The number of amides is 2. The Morgan fingerprint density at radius 2 is 1.62 bits per heavy atom. The van der Waals surface area contributed by atoms with E-state index in [9.17, 15) is 9.59 Å². The van der Waals surface area contributed by atoms with Crippen LogP contribution in [0.15, 0.2) is 60.7 Å². The molecule has 3 aromatic carbocycles. The fourth-order valence-corrected chi connectivity index (χ4v) is 3.23. The van der Waals surface area contributed by atoms with E-state index in [2.05, 4.69) is 5.43 Å². The summed E-state index contributed by atoms with van der Waals surface area (Å²) >= 11 is 0. The maximum Gasteiger partial charge on any atom is 0.275 e. The van der Waals surface area contributed by atoms with E-state index in [1.165, 1.54) is 0 Å². The topological polar surface area (TPSA) is 58.6 Å². The van der Waals surface area contributed by atoms with Crippen LogP contribution in [0.3, 0.4) is 0 Å². The van der Waals surface area contributed by atoms with Crippen molar-refractivity contribution in [3.05, 3.63) is 77.4 Å². The minimum Gasteiger partial charge on any atom is -0.488 e. The van der Waals surface area contributed by atoms with E-state index in [0.717, 1.165) is 16.0 Å². The van der Waals surface area contributed by atoms with Crippen LogP contribution in [0.4, 0.5) is 0 Å². The number of nitrogens with one attached hydrogen (secondary N) is 1. The summed E-state index contributed by atoms with van der Waals surface area (Å²) in [7, 11) is 0. The zero-order chi connectivity index (χ0) is 18.1. The normalized spacial score (nSPS) is 13.3. The molecule has 1 aliphatic heterocycles. The van der Waals surface area contributed by atoms with Crippen LogP contribution in [0.2, 0.25) is 0 Å². The molecule has 3 aromatic rings. The van der Waals surface area contributed by atoms with Gasteiger partial charge in [-0.3, -0.25) is 9.59 Å². The fourth-order valence-electron chi connectivity index (χ4n) is 3.23. The number of hydrogen-bond acceptors (Lipinski definition) is 4. The number of nitrogens with zero attached hydrogens (tertiary/aromatic N) is 1. The number of hydrogen-bond donors (Lipinski definition) is 1. The number of rotatable bonds is 5. The Kier molecular flexibility index (Phi) is 4.14. The van der Waals surface area contributed by atoms with Gasteiger partial charge in [0.2, 0.25) is 0 Å². The molecule has 4 rings (SSSR count). The molecule has 0 atom stereocenters.